The molecule has 0 aliphatic carbocycles. The molecule has 0 unspecified atom stereocenters. The molecule has 0 radical (unpaired) electrons. The summed E-state index contributed by atoms with van der Waals surface area (Å²) in [6.07, 6.45) is -4.50. The Hall–Kier alpha value is -1.63. The van der Waals surface area contributed by atoms with Crippen LogP contribution in [-0.2, 0) is 17.5 Å². The molecule has 0 bridgehead atoms. The van der Waals surface area contributed by atoms with Gasteiger partial charge in [0.25, 0.3) is 0 Å². The minimum absolute atomic E-state index is 0.00683. The molecule has 2 heterocycles. The van der Waals surface area contributed by atoms with E-state index in [4.69, 9.17) is 0 Å². The van der Waals surface area contributed by atoms with Crippen LogP contribution in [-0.4, -0.2) is 30.4 Å². The second-order valence-corrected chi connectivity index (χ2v) is 5.61. The number of alkyl halides is 3. The number of benzene rings is 1. The van der Waals surface area contributed by atoms with Crippen LogP contribution in [0.25, 0.3) is 0 Å². The van der Waals surface area contributed by atoms with E-state index in [1.54, 1.807) is 4.90 Å². The molecule has 21 heavy (non-hydrogen) atoms. The molecule has 2 saturated heterocycles. The van der Waals surface area contributed by atoms with Crippen LogP contribution < -0.4 is 5.32 Å². The summed E-state index contributed by atoms with van der Waals surface area (Å²) in [7, 11) is 0. The first-order valence-corrected chi connectivity index (χ1v) is 6.70. The summed E-state index contributed by atoms with van der Waals surface area (Å²) in [5, 5.41) is 2.75. The normalized spacial score (nSPS) is 26.0. The number of hydrogen-bond donors (Lipinski definition) is 1. The van der Waals surface area contributed by atoms with E-state index in [9.17, 15) is 22.4 Å². The number of likely N-dealkylation sites (tertiary alicyclic amines) is 1. The van der Waals surface area contributed by atoms with Gasteiger partial charge in [0.1, 0.15) is 5.82 Å². The molecule has 0 aromatic heterocycles. The third kappa shape index (κ3) is 2.74. The second kappa shape index (κ2) is 4.98. The molecule has 0 spiro atoms. The maximum absolute atomic E-state index is 13.3. The lowest BCUT2D eigenvalue weighted by atomic mass is 10.0. The van der Waals surface area contributed by atoms with Gasteiger partial charge in [0.05, 0.1) is 11.5 Å². The molecule has 0 saturated carbocycles. The molecule has 7 heteroatoms. The first-order valence-electron chi connectivity index (χ1n) is 6.70. The first kappa shape index (κ1) is 14.3. The van der Waals surface area contributed by atoms with Crippen molar-refractivity contribution in [3.8, 4) is 0 Å². The SMILES string of the molecule is O=C1NC[C@H]2CN(Cc3cc(F)ccc3C(F)(F)F)C[C@@H]12. The lowest BCUT2D eigenvalue weighted by Gasteiger charge is -2.20. The average Bonchev–Trinajstić information content (AvgIpc) is 2.90. The van der Waals surface area contributed by atoms with Crippen LogP contribution in [0, 0.1) is 17.7 Å². The van der Waals surface area contributed by atoms with Gasteiger partial charge in [0, 0.05) is 32.1 Å². The van der Waals surface area contributed by atoms with E-state index >= 15 is 0 Å². The van der Waals surface area contributed by atoms with Crippen molar-refractivity contribution in [1.82, 2.24) is 10.2 Å². The Labute approximate surface area is 118 Å². The molecule has 1 N–H and O–H groups in total. The van der Waals surface area contributed by atoms with Crippen LogP contribution in [0.15, 0.2) is 18.2 Å². The van der Waals surface area contributed by atoms with Crippen LogP contribution >= 0.6 is 0 Å². The smallest absolute Gasteiger partial charge is 0.355 e. The van der Waals surface area contributed by atoms with Crippen LogP contribution in [0.4, 0.5) is 17.6 Å². The Morgan fingerprint density at radius 3 is 2.71 bits per heavy atom. The summed E-state index contributed by atoms with van der Waals surface area (Å²) < 4.78 is 52.1. The lowest BCUT2D eigenvalue weighted by molar-refractivity contribution is -0.138. The zero-order valence-corrected chi connectivity index (χ0v) is 11.1. The fourth-order valence-corrected chi connectivity index (χ4v) is 3.17. The monoisotopic (exact) mass is 302 g/mol. The van der Waals surface area contributed by atoms with Gasteiger partial charge in [-0.3, -0.25) is 9.69 Å². The maximum atomic E-state index is 13.3. The standard InChI is InChI=1S/C14H14F4N2O/c15-10-1-2-12(14(16,17)18)8(3-10)5-20-6-9-4-19-13(21)11(9)7-20/h1-3,9,11H,4-7H2,(H,19,21)/t9-,11+/m0/s1. The number of nitrogens with zero attached hydrogens (tertiary/aromatic N) is 1. The fraction of sp³-hybridized carbons (Fsp3) is 0.500. The minimum atomic E-state index is -4.50. The number of carbonyl (C=O) groups is 1. The van der Waals surface area contributed by atoms with Gasteiger partial charge >= 0.3 is 6.18 Å². The van der Waals surface area contributed by atoms with Gasteiger partial charge in [-0.05, 0) is 23.8 Å². The van der Waals surface area contributed by atoms with E-state index in [0.29, 0.717) is 19.6 Å². The molecule has 114 valence electrons. The Balaban J connectivity index is 1.79. The third-order valence-corrected chi connectivity index (χ3v) is 4.16. The molecule has 2 fully saturated rings. The topological polar surface area (TPSA) is 32.3 Å². The minimum Gasteiger partial charge on any atom is -0.355 e. The zero-order valence-electron chi connectivity index (χ0n) is 11.1. The fourth-order valence-electron chi connectivity index (χ4n) is 3.17. The maximum Gasteiger partial charge on any atom is 0.416 e. The Bertz CT molecular complexity index is 573. The molecule has 3 nitrogen and oxygen atoms in total. The number of hydrogen-bond acceptors (Lipinski definition) is 2. The van der Waals surface area contributed by atoms with Gasteiger partial charge in [-0.2, -0.15) is 13.2 Å². The van der Waals surface area contributed by atoms with E-state index in [1.807, 2.05) is 0 Å². The largest absolute Gasteiger partial charge is 0.416 e. The summed E-state index contributed by atoms with van der Waals surface area (Å²) in [6.45, 7) is 1.55. The van der Waals surface area contributed by atoms with Gasteiger partial charge in [0.2, 0.25) is 5.91 Å². The molecule has 1 aromatic carbocycles. The summed E-state index contributed by atoms with van der Waals surface area (Å²) in [4.78, 5) is 13.3. The molecule has 2 atom stereocenters. The van der Waals surface area contributed by atoms with Crippen molar-refractivity contribution in [2.24, 2.45) is 11.8 Å². The highest BCUT2D eigenvalue weighted by molar-refractivity contribution is 5.81. The molecule has 1 aromatic rings. The number of fused-ring (bicyclic) bond motifs is 1. The highest BCUT2D eigenvalue weighted by Gasteiger charge is 2.42. The van der Waals surface area contributed by atoms with Gasteiger partial charge in [-0.15, -0.1) is 0 Å². The second-order valence-electron chi connectivity index (χ2n) is 5.61. The summed E-state index contributed by atoms with van der Waals surface area (Å²) >= 11 is 0. The van der Waals surface area contributed by atoms with E-state index < -0.39 is 17.6 Å². The summed E-state index contributed by atoms with van der Waals surface area (Å²) in [5.41, 5.74) is -0.895. The van der Waals surface area contributed by atoms with E-state index in [2.05, 4.69) is 5.32 Å². The predicted molar refractivity (Wildman–Crippen MR) is 66.7 cm³/mol. The molecule has 2 aliphatic heterocycles. The van der Waals surface area contributed by atoms with Crippen LogP contribution in [0.3, 0.4) is 0 Å². The molecular formula is C14H14F4N2O. The molecule has 3 rings (SSSR count). The third-order valence-electron chi connectivity index (χ3n) is 4.16. The van der Waals surface area contributed by atoms with E-state index in [0.717, 1.165) is 18.2 Å². The average molecular weight is 302 g/mol. The van der Waals surface area contributed by atoms with Crippen molar-refractivity contribution in [3.05, 3.63) is 35.1 Å². The number of halogens is 4. The Morgan fingerprint density at radius 1 is 1.29 bits per heavy atom. The highest BCUT2D eigenvalue weighted by atomic mass is 19.4. The highest BCUT2D eigenvalue weighted by Crippen LogP contribution is 2.34. The van der Waals surface area contributed by atoms with Gasteiger partial charge in [0.15, 0.2) is 0 Å². The summed E-state index contributed by atoms with van der Waals surface area (Å²) in [6, 6.07) is 2.52. The predicted octanol–water partition coefficient (Wildman–Crippen LogP) is 2.02. The molecular weight excluding hydrogens is 288 g/mol. The molecule has 1 amide bonds. The van der Waals surface area contributed by atoms with Crippen molar-refractivity contribution < 1.29 is 22.4 Å². The first-order chi connectivity index (χ1) is 9.84. The van der Waals surface area contributed by atoms with Crippen LogP contribution in [0.1, 0.15) is 11.1 Å². The van der Waals surface area contributed by atoms with Gasteiger partial charge in [-0.25, -0.2) is 4.39 Å². The van der Waals surface area contributed by atoms with Crippen molar-refractivity contribution >= 4 is 5.91 Å². The summed E-state index contributed by atoms with van der Waals surface area (Å²) in [5.74, 6) is -0.749. The van der Waals surface area contributed by atoms with Crippen molar-refractivity contribution in [2.75, 3.05) is 19.6 Å². The van der Waals surface area contributed by atoms with Crippen molar-refractivity contribution in [1.29, 1.82) is 0 Å². The number of amides is 1. The van der Waals surface area contributed by atoms with Crippen LogP contribution in [0.2, 0.25) is 0 Å². The van der Waals surface area contributed by atoms with Crippen molar-refractivity contribution in [3.63, 3.8) is 0 Å². The number of carbonyl (C=O) groups excluding carboxylic acids is 1. The van der Waals surface area contributed by atoms with Crippen molar-refractivity contribution in [2.45, 2.75) is 12.7 Å². The Morgan fingerprint density at radius 2 is 2.05 bits per heavy atom. The molecule has 2 aliphatic rings. The number of rotatable bonds is 2. The lowest BCUT2D eigenvalue weighted by Crippen LogP contribution is -2.29. The van der Waals surface area contributed by atoms with Gasteiger partial charge < -0.3 is 5.32 Å². The van der Waals surface area contributed by atoms with Gasteiger partial charge in [-0.1, -0.05) is 0 Å². The van der Waals surface area contributed by atoms with E-state index in [1.165, 1.54) is 0 Å². The van der Waals surface area contributed by atoms with Crippen LogP contribution in [0.5, 0.6) is 0 Å². The quantitative estimate of drug-likeness (QED) is 0.848. The number of nitrogens with one attached hydrogen (secondary N) is 1. The van der Waals surface area contributed by atoms with E-state index in [-0.39, 0.29) is 29.9 Å². The zero-order chi connectivity index (χ0) is 15.2. The Kier molecular flexibility index (Phi) is 3.39.